The first-order valence-corrected chi connectivity index (χ1v) is 7.83. The molecule has 0 aliphatic heterocycles. The quantitative estimate of drug-likeness (QED) is 0.815. The molecule has 3 rings (SSSR count). The standard InChI is InChI=1S/C14H20BrN3/c1-2-13-17-12(15)7-14(18-13)16-8-11(9-3-4-9)10-5-6-10/h7,9-11H,2-6,8H2,1H3,(H,16,17,18). The van der Waals surface area contributed by atoms with Crippen molar-refractivity contribution in [2.45, 2.75) is 39.0 Å². The van der Waals surface area contributed by atoms with Gasteiger partial charge in [0.2, 0.25) is 0 Å². The van der Waals surface area contributed by atoms with Gasteiger partial charge in [0, 0.05) is 19.0 Å². The molecule has 1 aromatic rings. The third-order valence-corrected chi connectivity index (χ3v) is 4.44. The van der Waals surface area contributed by atoms with Gasteiger partial charge in [-0.15, -0.1) is 0 Å². The van der Waals surface area contributed by atoms with E-state index in [4.69, 9.17) is 0 Å². The number of anilines is 1. The predicted molar refractivity (Wildman–Crippen MR) is 76.5 cm³/mol. The average molecular weight is 310 g/mol. The number of rotatable bonds is 6. The normalized spacial score (nSPS) is 19.3. The highest BCUT2D eigenvalue weighted by Gasteiger charge is 2.41. The maximum atomic E-state index is 4.53. The second kappa shape index (κ2) is 5.16. The molecule has 0 bridgehead atoms. The number of aryl methyl sites for hydroxylation is 1. The molecule has 2 aliphatic carbocycles. The molecule has 2 saturated carbocycles. The lowest BCUT2D eigenvalue weighted by Gasteiger charge is -2.16. The highest BCUT2D eigenvalue weighted by molar-refractivity contribution is 9.10. The summed E-state index contributed by atoms with van der Waals surface area (Å²) in [6.45, 7) is 3.17. The van der Waals surface area contributed by atoms with Crippen molar-refractivity contribution in [1.82, 2.24) is 9.97 Å². The molecule has 0 amide bonds. The summed E-state index contributed by atoms with van der Waals surface area (Å²) in [6, 6.07) is 1.98. The van der Waals surface area contributed by atoms with E-state index >= 15 is 0 Å². The van der Waals surface area contributed by atoms with Crippen LogP contribution in [0.4, 0.5) is 5.82 Å². The van der Waals surface area contributed by atoms with Crippen LogP contribution < -0.4 is 5.32 Å². The van der Waals surface area contributed by atoms with Crippen molar-refractivity contribution in [2.24, 2.45) is 17.8 Å². The second-order valence-electron chi connectivity index (χ2n) is 5.57. The Hall–Kier alpha value is -0.640. The smallest absolute Gasteiger partial charge is 0.131 e. The van der Waals surface area contributed by atoms with Crippen LogP contribution in [0, 0.1) is 17.8 Å². The maximum Gasteiger partial charge on any atom is 0.131 e. The Morgan fingerprint density at radius 1 is 1.28 bits per heavy atom. The van der Waals surface area contributed by atoms with Gasteiger partial charge < -0.3 is 5.32 Å². The molecule has 1 N–H and O–H groups in total. The Morgan fingerprint density at radius 2 is 1.94 bits per heavy atom. The highest BCUT2D eigenvalue weighted by Crippen LogP contribution is 2.49. The van der Waals surface area contributed by atoms with E-state index in [0.717, 1.165) is 47.0 Å². The summed E-state index contributed by atoms with van der Waals surface area (Å²) >= 11 is 3.45. The largest absolute Gasteiger partial charge is 0.370 e. The Bertz CT molecular complexity index is 415. The molecule has 0 atom stereocenters. The summed E-state index contributed by atoms with van der Waals surface area (Å²) in [7, 11) is 0. The Balaban J connectivity index is 1.62. The first-order valence-electron chi connectivity index (χ1n) is 7.03. The summed E-state index contributed by atoms with van der Waals surface area (Å²) < 4.78 is 0.881. The molecule has 1 heterocycles. The second-order valence-corrected chi connectivity index (χ2v) is 6.38. The van der Waals surface area contributed by atoms with Gasteiger partial charge in [0.15, 0.2) is 0 Å². The van der Waals surface area contributed by atoms with Crippen molar-refractivity contribution in [3.05, 3.63) is 16.5 Å². The van der Waals surface area contributed by atoms with Crippen molar-refractivity contribution >= 4 is 21.7 Å². The summed E-state index contributed by atoms with van der Waals surface area (Å²) in [5, 5.41) is 3.52. The van der Waals surface area contributed by atoms with E-state index < -0.39 is 0 Å². The molecule has 98 valence electrons. The van der Waals surface area contributed by atoms with Gasteiger partial charge >= 0.3 is 0 Å². The lowest BCUT2D eigenvalue weighted by atomic mass is 9.98. The Kier molecular flexibility index (Phi) is 3.55. The summed E-state index contributed by atoms with van der Waals surface area (Å²) in [6.07, 6.45) is 6.64. The van der Waals surface area contributed by atoms with Crippen molar-refractivity contribution in [1.29, 1.82) is 0 Å². The van der Waals surface area contributed by atoms with Crippen molar-refractivity contribution in [3.8, 4) is 0 Å². The van der Waals surface area contributed by atoms with Crippen molar-refractivity contribution in [3.63, 3.8) is 0 Å². The molecule has 2 aliphatic rings. The third kappa shape index (κ3) is 3.02. The zero-order chi connectivity index (χ0) is 12.5. The summed E-state index contributed by atoms with van der Waals surface area (Å²) in [5.41, 5.74) is 0. The Labute approximate surface area is 117 Å². The van der Waals surface area contributed by atoms with Gasteiger partial charge in [-0.1, -0.05) is 6.92 Å². The molecule has 4 heteroatoms. The number of hydrogen-bond donors (Lipinski definition) is 1. The van der Waals surface area contributed by atoms with Crippen LogP contribution in [0.5, 0.6) is 0 Å². The fourth-order valence-electron chi connectivity index (χ4n) is 2.70. The zero-order valence-electron chi connectivity index (χ0n) is 10.8. The molecule has 0 saturated heterocycles. The van der Waals surface area contributed by atoms with Crippen molar-refractivity contribution in [2.75, 3.05) is 11.9 Å². The number of halogens is 1. The molecule has 0 unspecified atom stereocenters. The molecular formula is C14H20BrN3. The SMILES string of the molecule is CCc1nc(Br)cc(NCC(C2CC2)C2CC2)n1. The van der Waals surface area contributed by atoms with E-state index in [-0.39, 0.29) is 0 Å². The van der Waals surface area contributed by atoms with Crippen LogP contribution in [0.3, 0.4) is 0 Å². The molecule has 0 spiro atoms. The van der Waals surface area contributed by atoms with Crippen LogP contribution in [0.2, 0.25) is 0 Å². The highest BCUT2D eigenvalue weighted by atomic mass is 79.9. The van der Waals surface area contributed by atoms with E-state index in [1.165, 1.54) is 25.7 Å². The van der Waals surface area contributed by atoms with Gasteiger partial charge in [-0.2, -0.15) is 0 Å². The van der Waals surface area contributed by atoms with Crippen LogP contribution in [0.15, 0.2) is 10.7 Å². The van der Waals surface area contributed by atoms with Crippen LogP contribution in [0.1, 0.15) is 38.4 Å². The van der Waals surface area contributed by atoms with Gasteiger partial charge in [0.1, 0.15) is 16.2 Å². The fourth-order valence-corrected chi connectivity index (χ4v) is 3.12. The number of nitrogens with zero attached hydrogens (tertiary/aromatic N) is 2. The van der Waals surface area contributed by atoms with Gasteiger partial charge in [-0.05, 0) is 59.4 Å². The van der Waals surface area contributed by atoms with Crippen LogP contribution in [-0.2, 0) is 6.42 Å². The topological polar surface area (TPSA) is 37.8 Å². The minimum absolute atomic E-state index is 0.878. The van der Waals surface area contributed by atoms with Crippen molar-refractivity contribution < 1.29 is 0 Å². The summed E-state index contributed by atoms with van der Waals surface area (Å²) in [4.78, 5) is 8.87. The molecule has 0 aromatic carbocycles. The van der Waals surface area contributed by atoms with Gasteiger partial charge in [0.05, 0.1) is 0 Å². The minimum Gasteiger partial charge on any atom is -0.370 e. The van der Waals surface area contributed by atoms with E-state index in [9.17, 15) is 0 Å². The zero-order valence-corrected chi connectivity index (χ0v) is 12.4. The van der Waals surface area contributed by atoms with E-state index in [1.807, 2.05) is 6.07 Å². The lowest BCUT2D eigenvalue weighted by Crippen LogP contribution is -2.19. The van der Waals surface area contributed by atoms with E-state index in [1.54, 1.807) is 0 Å². The van der Waals surface area contributed by atoms with E-state index in [0.29, 0.717) is 0 Å². The third-order valence-electron chi connectivity index (χ3n) is 4.03. The predicted octanol–water partition coefficient (Wildman–Crippen LogP) is 3.65. The van der Waals surface area contributed by atoms with Gasteiger partial charge in [-0.25, -0.2) is 9.97 Å². The Morgan fingerprint density at radius 3 is 2.50 bits per heavy atom. The van der Waals surface area contributed by atoms with Crippen LogP contribution >= 0.6 is 15.9 Å². The molecule has 1 aromatic heterocycles. The molecule has 3 nitrogen and oxygen atoms in total. The van der Waals surface area contributed by atoms with E-state index in [2.05, 4.69) is 38.1 Å². The average Bonchev–Trinajstić information content (AvgIpc) is 3.22. The van der Waals surface area contributed by atoms with Crippen LogP contribution in [0.25, 0.3) is 0 Å². The lowest BCUT2D eigenvalue weighted by molar-refractivity contribution is 0.427. The van der Waals surface area contributed by atoms with Gasteiger partial charge in [-0.3, -0.25) is 0 Å². The number of aromatic nitrogens is 2. The summed E-state index contributed by atoms with van der Waals surface area (Å²) in [5.74, 6) is 4.73. The first-order chi connectivity index (χ1) is 8.76. The van der Waals surface area contributed by atoms with Crippen LogP contribution in [-0.4, -0.2) is 16.5 Å². The number of hydrogen-bond acceptors (Lipinski definition) is 3. The molecular weight excluding hydrogens is 290 g/mol. The first kappa shape index (κ1) is 12.4. The maximum absolute atomic E-state index is 4.53. The van der Waals surface area contributed by atoms with Gasteiger partial charge in [0.25, 0.3) is 0 Å². The molecule has 18 heavy (non-hydrogen) atoms. The number of nitrogens with one attached hydrogen (secondary N) is 1. The molecule has 0 radical (unpaired) electrons. The minimum atomic E-state index is 0.878. The monoisotopic (exact) mass is 309 g/mol. The molecule has 2 fully saturated rings. The fraction of sp³-hybridized carbons (Fsp3) is 0.714.